The second kappa shape index (κ2) is 7.11. The largest absolute Gasteiger partial charge is 0.336 e. The number of hydrogen-bond acceptors (Lipinski definition) is 3. The number of halogens is 1. The van der Waals surface area contributed by atoms with Gasteiger partial charge in [0.25, 0.3) is 5.56 Å². The van der Waals surface area contributed by atoms with Crippen molar-refractivity contribution in [2.75, 3.05) is 19.6 Å². The van der Waals surface area contributed by atoms with Crippen LogP contribution in [0.1, 0.15) is 12.8 Å². The Morgan fingerprint density at radius 1 is 0.767 bits per heavy atom. The van der Waals surface area contributed by atoms with E-state index in [0.29, 0.717) is 11.9 Å². The van der Waals surface area contributed by atoms with Gasteiger partial charge in [0.2, 0.25) is 0 Å². The summed E-state index contributed by atoms with van der Waals surface area (Å²) in [6.45, 7) is 3.27. The summed E-state index contributed by atoms with van der Waals surface area (Å²) in [7, 11) is 0. The molecule has 0 radical (unpaired) electrons. The van der Waals surface area contributed by atoms with Crippen LogP contribution < -0.4 is 11.2 Å². The summed E-state index contributed by atoms with van der Waals surface area (Å²) in [5.41, 5.74) is 1.20. The van der Waals surface area contributed by atoms with Gasteiger partial charge < -0.3 is 4.90 Å². The fraction of sp³-hybridized carbons (Fsp3) is 0.250. The van der Waals surface area contributed by atoms with E-state index in [9.17, 15) is 9.59 Å². The highest BCUT2D eigenvalue weighted by molar-refractivity contribution is 6.23. The molecule has 0 spiro atoms. The van der Waals surface area contributed by atoms with Crippen LogP contribution >= 0.6 is 12.4 Å². The standard InChI is InChI=1S/C24H21N3O2.ClH/c28-23-19-9-5-8-18-21-17-7-2-1-6-16(17)10-11-20(21)27(22(18)19)24(29)26(23)15-14-25-12-3-4-13-25;/h1-2,5-11H,3-4,12-15H2;1H. The molecule has 5 nitrogen and oxygen atoms in total. The van der Waals surface area contributed by atoms with Crippen molar-refractivity contribution >= 4 is 50.4 Å². The normalized spacial score (nSPS) is 14.9. The van der Waals surface area contributed by atoms with E-state index in [-0.39, 0.29) is 23.7 Å². The Kier molecular flexibility index (Phi) is 4.53. The number of aromatic nitrogens is 2. The molecule has 1 aliphatic rings. The molecule has 2 aromatic heterocycles. The third kappa shape index (κ3) is 2.59. The third-order valence-corrected chi connectivity index (χ3v) is 6.41. The summed E-state index contributed by atoms with van der Waals surface area (Å²) in [6, 6.07) is 18.1. The van der Waals surface area contributed by atoms with Crippen molar-refractivity contribution in [2.24, 2.45) is 0 Å². The van der Waals surface area contributed by atoms with E-state index in [0.717, 1.165) is 52.2 Å². The summed E-state index contributed by atoms with van der Waals surface area (Å²) in [4.78, 5) is 29.0. The number of hydrogen-bond donors (Lipinski definition) is 0. The first-order valence-electron chi connectivity index (χ1n) is 10.3. The Bertz CT molecular complexity index is 1510. The van der Waals surface area contributed by atoms with Crippen LogP contribution in [0.2, 0.25) is 0 Å². The number of rotatable bonds is 3. The molecule has 30 heavy (non-hydrogen) atoms. The highest BCUT2D eigenvalue weighted by atomic mass is 35.5. The number of nitrogens with zero attached hydrogens (tertiary/aromatic N) is 3. The van der Waals surface area contributed by atoms with Crippen molar-refractivity contribution in [3.63, 3.8) is 0 Å². The minimum absolute atomic E-state index is 0. The van der Waals surface area contributed by atoms with E-state index < -0.39 is 0 Å². The highest BCUT2D eigenvalue weighted by Gasteiger charge is 2.20. The maximum atomic E-state index is 13.5. The van der Waals surface area contributed by atoms with E-state index in [1.54, 1.807) is 4.40 Å². The molecule has 3 aromatic carbocycles. The second-order valence-corrected chi connectivity index (χ2v) is 8.01. The van der Waals surface area contributed by atoms with Gasteiger partial charge in [-0.25, -0.2) is 4.79 Å². The summed E-state index contributed by atoms with van der Waals surface area (Å²) in [5, 5.41) is 4.87. The lowest BCUT2D eigenvalue weighted by Crippen LogP contribution is -2.40. The van der Waals surface area contributed by atoms with Crippen LogP contribution in [0.4, 0.5) is 0 Å². The SMILES string of the molecule is Cl.O=c1c2cccc3c4c5ccccc5ccc4n(c(=O)n1CCN1CCCC1)c23. The van der Waals surface area contributed by atoms with Gasteiger partial charge in [-0.2, -0.15) is 0 Å². The number of likely N-dealkylation sites (tertiary alicyclic amines) is 1. The minimum atomic E-state index is -0.233. The predicted octanol–water partition coefficient (Wildman–Crippen LogP) is 3.88. The van der Waals surface area contributed by atoms with Gasteiger partial charge in [-0.3, -0.25) is 13.8 Å². The van der Waals surface area contributed by atoms with E-state index >= 15 is 0 Å². The van der Waals surface area contributed by atoms with Gasteiger partial charge in [0, 0.05) is 23.9 Å². The lowest BCUT2D eigenvalue weighted by molar-refractivity contribution is 0.318. The zero-order chi connectivity index (χ0) is 19.5. The van der Waals surface area contributed by atoms with Crippen molar-refractivity contribution < 1.29 is 0 Å². The van der Waals surface area contributed by atoms with Crippen LogP contribution in [0.25, 0.3) is 38.0 Å². The minimum Gasteiger partial charge on any atom is -0.302 e. The molecule has 0 bridgehead atoms. The topological polar surface area (TPSA) is 46.7 Å². The molecule has 6 heteroatoms. The maximum Gasteiger partial charge on any atom is 0.336 e. The molecule has 3 heterocycles. The van der Waals surface area contributed by atoms with Crippen LogP contribution in [0.3, 0.4) is 0 Å². The highest BCUT2D eigenvalue weighted by Crippen LogP contribution is 2.34. The number of benzene rings is 3. The Morgan fingerprint density at radius 2 is 1.50 bits per heavy atom. The summed E-state index contributed by atoms with van der Waals surface area (Å²) >= 11 is 0. The van der Waals surface area contributed by atoms with Gasteiger partial charge in [-0.15, -0.1) is 12.4 Å². The molecule has 0 atom stereocenters. The Labute approximate surface area is 178 Å². The zero-order valence-electron chi connectivity index (χ0n) is 16.5. The zero-order valence-corrected chi connectivity index (χ0v) is 17.3. The van der Waals surface area contributed by atoms with Crippen LogP contribution in [-0.2, 0) is 6.54 Å². The number of fused-ring (bicyclic) bond motifs is 5. The first-order valence-corrected chi connectivity index (χ1v) is 10.3. The first-order chi connectivity index (χ1) is 14.2. The fourth-order valence-electron chi connectivity index (χ4n) is 5.01. The number of para-hydroxylation sites is 1. The van der Waals surface area contributed by atoms with Crippen molar-refractivity contribution in [3.8, 4) is 0 Å². The molecule has 0 aliphatic carbocycles. The molecule has 6 rings (SSSR count). The Morgan fingerprint density at radius 3 is 2.33 bits per heavy atom. The van der Waals surface area contributed by atoms with Gasteiger partial charge in [0.1, 0.15) is 0 Å². The van der Waals surface area contributed by atoms with Crippen molar-refractivity contribution in [3.05, 3.63) is 75.4 Å². The van der Waals surface area contributed by atoms with Crippen LogP contribution in [-0.4, -0.2) is 33.5 Å². The van der Waals surface area contributed by atoms with Gasteiger partial charge in [0.05, 0.1) is 16.4 Å². The molecule has 0 unspecified atom stereocenters. The van der Waals surface area contributed by atoms with Gasteiger partial charge in [-0.1, -0.05) is 42.5 Å². The summed E-state index contributed by atoms with van der Waals surface area (Å²) < 4.78 is 3.17. The fourth-order valence-corrected chi connectivity index (χ4v) is 5.01. The van der Waals surface area contributed by atoms with E-state index in [2.05, 4.69) is 23.1 Å². The summed E-state index contributed by atoms with van der Waals surface area (Å²) in [6.07, 6.45) is 2.39. The van der Waals surface area contributed by atoms with E-state index in [1.165, 1.54) is 17.4 Å². The average Bonchev–Trinajstić information content (AvgIpc) is 3.38. The van der Waals surface area contributed by atoms with Crippen LogP contribution in [0.15, 0.2) is 64.2 Å². The smallest absolute Gasteiger partial charge is 0.302 e. The molecule has 0 saturated carbocycles. The van der Waals surface area contributed by atoms with Gasteiger partial charge >= 0.3 is 5.69 Å². The molecule has 1 fully saturated rings. The lowest BCUT2D eigenvalue weighted by atomic mass is 10.0. The van der Waals surface area contributed by atoms with Crippen LogP contribution in [0, 0.1) is 0 Å². The molecule has 152 valence electrons. The lowest BCUT2D eigenvalue weighted by Gasteiger charge is -2.15. The van der Waals surface area contributed by atoms with E-state index in [1.807, 2.05) is 36.4 Å². The van der Waals surface area contributed by atoms with Crippen molar-refractivity contribution in [1.29, 1.82) is 0 Å². The maximum absolute atomic E-state index is 13.5. The van der Waals surface area contributed by atoms with Crippen molar-refractivity contribution in [2.45, 2.75) is 19.4 Å². The molecular weight excluding hydrogens is 398 g/mol. The van der Waals surface area contributed by atoms with E-state index in [4.69, 9.17) is 0 Å². The monoisotopic (exact) mass is 419 g/mol. The predicted molar refractivity (Wildman–Crippen MR) is 125 cm³/mol. The Hall–Kier alpha value is -2.89. The third-order valence-electron chi connectivity index (χ3n) is 6.41. The van der Waals surface area contributed by atoms with Crippen molar-refractivity contribution in [1.82, 2.24) is 13.9 Å². The molecule has 5 aromatic rings. The van der Waals surface area contributed by atoms with Gasteiger partial charge in [-0.05, 0) is 48.8 Å². The average molecular weight is 420 g/mol. The quantitative estimate of drug-likeness (QED) is 0.446. The molecule has 0 amide bonds. The second-order valence-electron chi connectivity index (χ2n) is 8.01. The van der Waals surface area contributed by atoms with Gasteiger partial charge in [0.15, 0.2) is 0 Å². The first kappa shape index (κ1) is 19.1. The molecule has 1 aliphatic heterocycles. The van der Waals surface area contributed by atoms with Crippen LogP contribution in [0.5, 0.6) is 0 Å². The molecule has 1 saturated heterocycles. The Balaban J connectivity index is 0.00000193. The molecule has 0 N–H and O–H groups in total. The summed E-state index contributed by atoms with van der Waals surface area (Å²) in [5.74, 6) is 0. The molecular formula is C24H22ClN3O2.